The smallest absolute Gasteiger partial charge is 0.143 e. The Hall–Kier alpha value is 0.0700. The van der Waals surface area contributed by atoms with E-state index in [0.717, 1.165) is 0 Å². The summed E-state index contributed by atoms with van der Waals surface area (Å²) in [4.78, 5) is 10.7. The highest BCUT2D eigenvalue weighted by Crippen LogP contribution is 2.27. The maximum absolute atomic E-state index is 13.3. The van der Waals surface area contributed by atoms with Gasteiger partial charge in [0, 0.05) is 0 Å². The maximum Gasteiger partial charge on any atom is 0.143 e. The second kappa shape index (κ2) is 5.41. The number of rotatable bonds is 3. The van der Waals surface area contributed by atoms with Crippen molar-refractivity contribution in [1.29, 1.82) is 0 Å². The van der Waals surface area contributed by atoms with Crippen molar-refractivity contribution in [1.82, 2.24) is 0 Å². The first-order chi connectivity index (χ1) is 6.91. The number of ketones is 1. The van der Waals surface area contributed by atoms with Gasteiger partial charge < -0.3 is 0 Å². The summed E-state index contributed by atoms with van der Waals surface area (Å²) in [6.07, 6.45) is 0.430. The Morgan fingerprint density at radius 1 is 1.60 bits per heavy atom. The number of hydrogen-bond acceptors (Lipinski definition) is 1. The molecule has 1 unspecified atom stereocenters. The molecule has 1 nitrogen and oxygen atoms in total. The van der Waals surface area contributed by atoms with Crippen molar-refractivity contribution in [2.24, 2.45) is 0 Å². The number of Topliss-reactive ketones (excluding diaryl/α,β-unsaturated/α-hetero) is 1. The number of benzene rings is 1. The lowest BCUT2D eigenvalue weighted by Gasteiger charge is -2.07. The van der Waals surface area contributed by atoms with Crippen molar-refractivity contribution in [3.8, 4) is 0 Å². The number of alkyl halides is 1. The lowest BCUT2D eigenvalue weighted by molar-refractivity contribution is -0.116. The molecule has 0 aliphatic heterocycles. The zero-order valence-corrected chi connectivity index (χ0v) is 11.8. The highest BCUT2D eigenvalue weighted by atomic mass is 79.9. The van der Waals surface area contributed by atoms with Gasteiger partial charge in [-0.3, -0.25) is 4.79 Å². The van der Waals surface area contributed by atoms with Crippen LogP contribution >= 0.6 is 43.5 Å². The van der Waals surface area contributed by atoms with E-state index in [4.69, 9.17) is 11.6 Å². The molecule has 0 spiro atoms. The Balaban J connectivity index is 2.92. The minimum Gasteiger partial charge on any atom is -0.299 e. The van der Waals surface area contributed by atoms with Gasteiger partial charge in [-0.25, -0.2) is 4.39 Å². The Kier molecular flexibility index (Phi) is 4.74. The van der Waals surface area contributed by atoms with E-state index < -0.39 is 5.82 Å². The van der Waals surface area contributed by atoms with Crippen LogP contribution in [0.5, 0.6) is 0 Å². The van der Waals surface area contributed by atoms with E-state index in [1.54, 1.807) is 6.07 Å². The van der Waals surface area contributed by atoms with E-state index in [2.05, 4.69) is 31.9 Å². The summed E-state index contributed by atoms with van der Waals surface area (Å²) in [6.45, 7) is 1.48. The molecule has 0 aliphatic carbocycles. The highest BCUT2D eigenvalue weighted by molar-refractivity contribution is 9.10. The average Bonchev–Trinajstić information content (AvgIpc) is 2.13. The molecular formula is C10H8Br2ClFO. The molecule has 0 N–H and O–H groups in total. The van der Waals surface area contributed by atoms with Crippen LogP contribution in [0, 0.1) is 5.82 Å². The van der Waals surface area contributed by atoms with Gasteiger partial charge in [-0.2, -0.15) is 0 Å². The Labute approximate surface area is 109 Å². The molecule has 0 heterocycles. The quantitative estimate of drug-likeness (QED) is 0.586. The molecule has 0 saturated carbocycles. The van der Waals surface area contributed by atoms with E-state index in [1.807, 2.05) is 0 Å². The largest absolute Gasteiger partial charge is 0.299 e. The van der Waals surface area contributed by atoms with Gasteiger partial charge in [0.2, 0.25) is 0 Å². The fourth-order valence-electron chi connectivity index (χ4n) is 1.08. The molecule has 1 aromatic rings. The topological polar surface area (TPSA) is 17.1 Å². The third-order valence-corrected chi connectivity index (χ3v) is 4.20. The van der Waals surface area contributed by atoms with Crippen molar-refractivity contribution in [3.05, 3.63) is 33.0 Å². The molecule has 1 aromatic carbocycles. The molecular weight excluding hydrogens is 350 g/mol. The van der Waals surface area contributed by atoms with Gasteiger partial charge in [-0.1, -0.05) is 27.5 Å². The third kappa shape index (κ3) is 3.54. The van der Waals surface area contributed by atoms with E-state index in [-0.39, 0.29) is 15.1 Å². The molecule has 0 radical (unpaired) electrons. The molecule has 1 atom stereocenters. The molecule has 0 aromatic heterocycles. The minimum absolute atomic E-state index is 0.00875. The van der Waals surface area contributed by atoms with Crippen LogP contribution in [0.4, 0.5) is 4.39 Å². The Bertz CT molecular complexity index is 372. The normalized spacial score (nSPS) is 12.6. The van der Waals surface area contributed by atoms with Crippen LogP contribution in [-0.2, 0) is 11.2 Å². The maximum atomic E-state index is 13.3. The second-order valence-corrected chi connectivity index (χ2v) is 5.46. The van der Waals surface area contributed by atoms with Crippen molar-refractivity contribution in [2.75, 3.05) is 0 Å². The molecule has 0 amide bonds. The van der Waals surface area contributed by atoms with Crippen molar-refractivity contribution in [2.45, 2.75) is 18.2 Å². The van der Waals surface area contributed by atoms with Gasteiger partial charge in [-0.15, -0.1) is 0 Å². The second-order valence-electron chi connectivity index (χ2n) is 3.16. The Morgan fingerprint density at radius 2 is 2.20 bits per heavy atom. The predicted molar refractivity (Wildman–Crippen MR) is 66.2 cm³/mol. The van der Waals surface area contributed by atoms with Gasteiger partial charge in [-0.05, 0) is 47.0 Å². The first kappa shape index (κ1) is 13.1. The van der Waals surface area contributed by atoms with Crippen LogP contribution in [0.3, 0.4) is 0 Å². The van der Waals surface area contributed by atoms with E-state index in [0.29, 0.717) is 17.0 Å². The molecule has 1 rings (SSSR count). The fraction of sp³-hybridized carbons (Fsp3) is 0.300. The molecule has 82 valence electrons. The first-order valence-corrected chi connectivity index (χ1v) is 6.28. The van der Waals surface area contributed by atoms with Crippen LogP contribution < -0.4 is 0 Å². The van der Waals surface area contributed by atoms with Gasteiger partial charge in [0.05, 0.1) is 14.3 Å². The van der Waals surface area contributed by atoms with Crippen LogP contribution in [0.2, 0.25) is 5.02 Å². The lowest BCUT2D eigenvalue weighted by atomic mass is 10.1. The van der Waals surface area contributed by atoms with E-state index in [1.165, 1.54) is 13.0 Å². The van der Waals surface area contributed by atoms with Crippen molar-refractivity contribution in [3.63, 3.8) is 0 Å². The van der Waals surface area contributed by atoms with Crippen molar-refractivity contribution >= 4 is 49.2 Å². The van der Waals surface area contributed by atoms with Gasteiger partial charge >= 0.3 is 0 Å². The fourth-order valence-corrected chi connectivity index (χ4v) is 1.91. The molecule has 0 bridgehead atoms. The summed E-state index contributed by atoms with van der Waals surface area (Å²) in [5.41, 5.74) is 0.692. The van der Waals surface area contributed by atoms with E-state index >= 15 is 0 Å². The highest BCUT2D eigenvalue weighted by Gasteiger charge is 2.13. The molecule has 15 heavy (non-hydrogen) atoms. The monoisotopic (exact) mass is 356 g/mol. The predicted octanol–water partition coefficient (Wildman–Crippen LogP) is 4.14. The van der Waals surface area contributed by atoms with Crippen LogP contribution in [-0.4, -0.2) is 10.6 Å². The molecule has 0 saturated heterocycles. The van der Waals surface area contributed by atoms with Gasteiger partial charge in [0.25, 0.3) is 0 Å². The van der Waals surface area contributed by atoms with Crippen LogP contribution in [0.25, 0.3) is 0 Å². The zero-order valence-electron chi connectivity index (χ0n) is 7.86. The summed E-state index contributed by atoms with van der Waals surface area (Å²) in [7, 11) is 0. The lowest BCUT2D eigenvalue weighted by Crippen LogP contribution is -2.12. The van der Waals surface area contributed by atoms with Crippen LogP contribution in [0.1, 0.15) is 12.5 Å². The number of hydrogen-bond donors (Lipinski definition) is 0. The minimum atomic E-state index is -0.416. The summed E-state index contributed by atoms with van der Waals surface area (Å²) in [5.74, 6) is -0.407. The zero-order chi connectivity index (χ0) is 11.6. The number of halogens is 4. The summed E-state index contributed by atoms with van der Waals surface area (Å²) in [6, 6.07) is 3.01. The summed E-state index contributed by atoms with van der Waals surface area (Å²) >= 11 is 12.0. The molecule has 5 heteroatoms. The standard InChI is InChI=1S/C10H8Br2ClFO/c1-5(15)7(11)2-6-3-8(13)10(12)9(14)4-6/h3-4,7H,2H2,1H3. The van der Waals surface area contributed by atoms with Gasteiger partial charge in [0.15, 0.2) is 0 Å². The third-order valence-electron chi connectivity index (χ3n) is 1.90. The summed E-state index contributed by atoms with van der Waals surface area (Å²) < 4.78 is 13.5. The molecule has 0 fully saturated rings. The molecule has 0 aliphatic rings. The van der Waals surface area contributed by atoms with Gasteiger partial charge in [0.1, 0.15) is 11.6 Å². The number of carbonyl (C=O) groups is 1. The first-order valence-electron chi connectivity index (χ1n) is 4.19. The SMILES string of the molecule is CC(=O)C(Br)Cc1cc(F)c(Br)c(Cl)c1. The number of carbonyl (C=O) groups excluding carboxylic acids is 1. The van der Waals surface area contributed by atoms with Crippen molar-refractivity contribution < 1.29 is 9.18 Å². The Morgan fingerprint density at radius 3 is 2.67 bits per heavy atom. The van der Waals surface area contributed by atoms with E-state index in [9.17, 15) is 9.18 Å². The average molecular weight is 358 g/mol. The summed E-state index contributed by atoms with van der Waals surface area (Å²) in [5, 5.41) is 0.313. The van der Waals surface area contributed by atoms with Crippen LogP contribution in [0.15, 0.2) is 16.6 Å².